The van der Waals surface area contributed by atoms with E-state index in [4.69, 9.17) is 4.42 Å². The Labute approximate surface area is 122 Å². The summed E-state index contributed by atoms with van der Waals surface area (Å²) < 4.78 is 18.4. The third-order valence-electron chi connectivity index (χ3n) is 3.63. The number of nitrogens with one attached hydrogen (secondary N) is 2. The number of halogens is 1. The molecule has 1 saturated heterocycles. The van der Waals surface area contributed by atoms with Gasteiger partial charge in [0, 0.05) is 18.2 Å². The topological polar surface area (TPSA) is 54.3 Å². The minimum atomic E-state index is -0.299. The third-order valence-corrected chi connectivity index (χ3v) is 3.63. The SMILES string of the molecule is O=C(NCC1CCCN1)c1ccc(-c2ccc(F)cc2)o1. The fraction of sp³-hybridized carbons (Fsp3) is 0.312. The van der Waals surface area contributed by atoms with Crippen LogP contribution in [-0.4, -0.2) is 25.0 Å². The Morgan fingerprint density at radius 1 is 1.29 bits per heavy atom. The van der Waals surface area contributed by atoms with E-state index in [9.17, 15) is 9.18 Å². The van der Waals surface area contributed by atoms with E-state index in [1.165, 1.54) is 12.1 Å². The minimum Gasteiger partial charge on any atom is -0.451 e. The van der Waals surface area contributed by atoms with Gasteiger partial charge in [-0.05, 0) is 55.8 Å². The molecular weight excluding hydrogens is 271 g/mol. The first kappa shape index (κ1) is 13.8. The third kappa shape index (κ3) is 3.31. The van der Waals surface area contributed by atoms with E-state index in [2.05, 4.69) is 10.6 Å². The van der Waals surface area contributed by atoms with Gasteiger partial charge in [0.15, 0.2) is 5.76 Å². The molecule has 0 aliphatic carbocycles. The summed E-state index contributed by atoms with van der Waals surface area (Å²) in [6.45, 7) is 1.61. The molecule has 5 heteroatoms. The molecule has 1 aliphatic rings. The number of amides is 1. The molecule has 2 heterocycles. The van der Waals surface area contributed by atoms with Crippen LogP contribution in [0, 0.1) is 5.82 Å². The van der Waals surface area contributed by atoms with Gasteiger partial charge in [-0.25, -0.2) is 4.39 Å². The van der Waals surface area contributed by atoms with Crippen molar-refractivity contribution in [3.05, 3.63) is 48.0 Å². The highest BCUT2D eigenvalue weighted by Crippen LogP contribution is 2.22. The van der Waals surface area contributed by atoms with Crippen molar-refractivity contribution in [3.63, 3.8) is 0 Å². The van der Waals surface area contributed by atoms with Crippen LogP contribution in [0.15, 0.2) is 40.8 Å². The molecule has 1 aromatic heterocycles. The highest BCUT2D eigenvalue weighted by atomic mass is 19.1. The summed E-state index contributed by atoms with van der Waals surface area (Å²) in [7, 11) is 0. The average Bonchev–Trinajstić information content (AvgIpc) is 3.17. The second-order valence-electron chi connectivity index (χ2n) is 5.17. The summed E-state index contributed by atoms with van der Waals surface area (Å²) in [4.78, 5) is 12.0. The van der Waals surface area contributed by atoms with E-state index in [1.807, 2.05) is 0 Å². The van der Waals surface area contributed by atoms with Gasteiger partial charge in [-0.3, -0.25) is 4.79 Å². The maximum Gasteiger partial charge on any atom is 0.287 e. The van der Waals surface area contributed by atoms with Crippen LogP contribution in [0.5, 0.6) is 0 Å². The molecule has 1 aliphatic heterocycles. The van der Waals surface area contributed by atoms with Crippen LogP contribution in [0.25, 0.3) is 11.3 Å². The van der Waals surface area contributed by atoms with Crippen LogP contribution in [0.1, 0.15) is 23.4 Å². The van der Waals surface area contributed by atoms with Gasteiger partial charge in [0.1, 0.15) is 11.6 Å². The zero-order valence-electron chi connectivity index (χ0n) is 11.6. The lowest BCUT2D eigenvalue weighted by Crippen LogP contribution is -2.37. The first-order chi connectivity index (χ1) is 10.2. The molecule has 21 heavy (non-hydrogen) atoms. The summed E-state index contributed by atoms with van der Waals surface area (Å²) >= 11 is 0. The molecule has 0 spiro atoms. The van der Waals surface area contributed by atoms with E-state index >= 15 is 0 Å². The first-order valence-corrected chi connectivity index (χ1v) is 7.10. The van der Waals surface area contributed by atoms with Crippen LogP contribution >= 0.6 is 0 Å². The molecule has 110 valence electrons. The second kappa shape index (κ2) is 6.10. The Balaban J connectivity index is 1.63. The molecule has 1 amide bonds. The summed E-state index contributed by atoms with van der Waals surface area (Å²) in [5.41, 5.74) is 0.743. The van der Waals surface area contributed by atoms with Crippen LogP contribution in [0.2, 0.25) is 0 Å². The average molecular weight is 288 g/mol. The monoisotopic (exact) mass is 288 g/mol. The Hall–Kier alpha value is -2.14. The molecule has 0 saturated carbocycles. The Morgan fingerprint density at radius 3 is 2.81 bits per heavy atom. The quantitative estimate of drug-likeness (QED) is 0.909. The van der Waals surface area contributed by atoms with Crippen LogP contribution < -0.4 is 10.6 Å². The number of rotatable bonds is 4. The first-order valence-electron chi connectivity index (χ1n) is 7.10. The maximum atomic E-state index is 12.9. The van der Waals surface area contributed by atoms with E-state index in [0.29, 0.717) is 18.3 Å². The summed E-state index contributed by atoms with van der Waals surface area (Å²) in [5.74, 6) is 0.302. The van der Waals surface area contributed by atoms with Crippen molar-refractivity contribution >= 4 is 5.91 Å². The molecule has 0 radical (unpaired) electrons. The van der Waals surface area contributed by atoms with Gasteiger partial charge in [-0.15, -0.1) is 0 Å². The zero-order chi connectivity index (χ0) is 14.7. The van der Waals surface area contributed by atoms with Gasteiger partial charge in [0.2, 0.25) is 0 Å². The highest BCUT2D eigenvalue weighted by Gasteiger charge is 2.17. The van der Waals surface area contributed by atoms with Crippen molar-refractivity contribution in [1.82, 2.24) is 10.6 Å². The predicted molar refractivity (Wildman–Crippen MR) is 77.5 cm³/mol. The molecular formula is C16H17FN2O2. The fourth-order valence-electron chi connectivity index (χ4n) is 2.46. The van der Waals surface area contributed by atoms with E-state index in [-0.39, 0.29) is 17.5 Å². The lowest BCUT2D eigenvalue weighted by atomic mass is 10.2. The molecule has 4 nitrogen and oxygen atoms in total. The van der Waals surface area contributed by atoms with E-state index < -0.39 is 0 Å². The Bertz CT molecular complexity index is 615. The van der Waals surface area contributed by atoms with Gasteiger partial charge < -0.3 is 15.1 Å². The largest absolute Gasteiger partial charge is 0.451 e. The normalized spacial score (nSPS) is 17.9. The van der Waals surface area contributed by atoms with Crippen molar-refractivity contribution in [2.45, 2.75) is 18.9 Å². The Kier molecular flexibility index (Phi) is 4.01. The zero-order valence-corrected chi connectivity index (χ0v) is 11.6. The molecule has 3 rings (SSSR count). The number of hydrogen-bond acceptors (Lipinski definition) is 3. The summed E-state index contributed by atoms with van der Waals surface area (Å²) in [6.07, 6.45) is 2.23. The number of furan rings is 1. The highest BCUT2D eigenvalue weighted by molar-refractivity contribution is 5.92. The summed E-state index contributed by atoms with van der Waals surface area (Å²) in [6, 6.07) is 9.68. The minimum absolute atomic E-state index is 0.225. The standard InChI is InChI=1S/C16H17FN2O2/c17-12-5-3-11(4-6-12)14-7-8-15(21-14)16(20)19-10-13-2-1-9-18-13/h3-8,13,18H,1-2,9-10H2,(H,19,20). The maximum absolute atomic E-state index is 12.9. The van der Waals surface area contributed by atoms with Gasteiger partial charge >= 0.3 is 0 Å². The van der Waals surface area contributed by atoms with Gasteiger partial charge in [0.05, 0.1) is 0 Å². The lowest BCUT2D eigenvalue weighted by Gasteiger charge is -2.10. The lowest BCUT2D eigenvalue weighted by molar-refractivity contribution is 0.0923. The van der Waals surface area contributed by atoms with Crippen LogP contribution in [0.3, 0.4) is 0 Å². The van der Waals surface area contributed by atoms with Crippen molar-refractivity contribution in [1.29, 1.82) is 0 Å². The molecule has 1 unspecified atom stereocenters. The smallest absolute Gasteiger partial charge is 0.287 e. The number of benzene rings is 1. The molecule has 1 fully saturated rings. The van der Waals surface area contributed by atoms with Crippen molar-refractivity contribution in [2.24, 2.45) is 0 Å². The van der Waals surface area contributed by atoms with Crippen molar-refractivity contribution in [3.8, 4) is 11.3 Å². The number of carbonyl (C=O) groups is 1. The molecule has 1 atom stereocenters. The fourth-order valence-corrected chi connectivity index (χ4v) is 2.46. The van der Waals surface area contributed by atoms with E-state index in [1.54, 1.807) is 24.3 Å². The molecule has 2 N–H and O–H groups in total. The van der Waals surface area contributed by atoms with E-state index in [0.717, 1.165) is 24.9 Å². The van der Waals surface area contributed by atoms with Crippen molar-refractivity contribution < 1.29 is 13.6 Å². The van der Waals surface area contributed by atoms with Crippen LogP contribution in [-0.2, 0) is 0 Å². The second-order valence-corrected chi connectivity index (χ2v) is 5.17. The van der Waals surface area contributed by atoms with Gasteiger partial charge in [0.25, 0.3) is 5.91 Å². The molecule has 2 aromatic rings. The summed E-state index contributed by atoms with van der Waals surface area (Å²) in [5, 5.41) is 6.18. The molecule has 1 aromatic carbocycles. The van der Waals surface area contributed by atoms with Crippen LogP contribution in [0.4, 0.5) is 4.39 Å². The Morgan fingerprint density at radius 2 is 2.10 bits per heavy atom. The van der Waals surface area contributed by atoms with Gasteiger partial charge in [-0.2, -0.15) is 0 Å². The number of hydrogen-bond donors (Lipinski definition) is 2. The molecule has 0 bridgehead atoms. The predicted octanol–water partition coefficient (Wildman–Crippen LogP) is 2.57. The van der Waals surface area contributed by atoms with Gasteiger partial charge in [-0.1, -0.05) is 0 Å². The van der Waals surface area contributed by atoms with Crippen molar-refractivity contribution in [2.75, 3.05) is 13.1 Å². The number of carbonyl (C=O) groups excluding carboxylic acids is 1.